The second-order valence-corrected chi connectivity index (χ2v) is 3.95. The lowest BCUT2D eigenvalue weighted by molar-refractivity contribution is 0.0951. The summed E-state index contributed by atoms with van der Waals surface area (Å²) in [5, 5.41) is 0. The Morgan fingerprint density at radius 1 is 1.61 bits per heavy atom. The highest BCUT2D eigenvalue weighted by Crippen LogP contribution is 2.13. The number of hydrogen-bond acceptors (Lipinski definition) is 4. The van der Waals surface area contributed by atoms with Gasteiger partial charge in [0.2, 0.25) is 0 Å². The minimum Gasteiger partial charge on any atom is -0.467 e. The maximum absolute atomic E-state index is 11.5. The topological polar surface area (TPSA) is 86.1 Å². The number of hydrogen-bond donors (Lipinski definition) is 2. The summed E-state index contributed by atoms with van der Waals surface area (Å²) in [5.74, 6) is 6.33. The van der Waals surface area contributed by atoms with Gasteiger partial charge < -0.3 is 8.98 Å². The van der Waals surface area contributed by atoms with E-state index in [1.165, 1.54) is 6.26 Å². The summed E-state index contributed by atoms with van der Waals surface area (Å²) in [6.45, 7) is 2.57. The molecule has 0 aromatic carbocycles. The van der Waals surface area contributed by atoms with Gasteiger partial charge >= 0.3 is 0 Å². The molecular weight excluding hydrogens is 232 g/mol. The molecule has 2 heterocycles. The molecule has 0 unspecified atom stereocenters. The van der Waals surface area contributed by atoms with Crippen molar-refractivity contribution in [1.82, 2.24) is 15.0 Å². The number of aryl methyl sites for hydroxylation is 1. The van der Waals surface area contributed by atoms with E-state index in [9.17, 15) is 4.79 Å². The normalized spacial score (nSPS) is 10.6. The molecule has 2 rings (SSSR count). The summed E-state index contributed by atoms with van der Waals surface area (Å²) in [6, 6.07) is 1.61. The highest BCUT2D eigenvalue weighted by atomic mass is 16.3. The molecule has 6 nitrogen and oxygen atoms in total. The van der Waals surface area contributed by atoms with E-state index in [0.717, 1.165) is 18.7 Å². The number of furan rings is 1. The van der Waals surface area contributed by atoms with Crippen molar-refractivity contribution >= 4 is 5.91 Å². The maximum atomic E-state index is 11.5. The fourth-order valence-electron chi connectivity index (χ4n) is 1.83. The van der Waals surface area contributed by atoms with Crippen LogP contribution in [0.1, 0.15) is 35.3 Å². The van der Waals surface area contributed by atoms with E-state index in [-0.39, 0.29) is 5.91 Å². The van der Waals surface area contributed by atoms with Crippen LogP contribution in [0, 0.1) is 0 Å². The van der Waals surface area contributed by atoms with Crippen molar-refractivity contribution in [2.45, 2.75) is 26.3 Å². The van der Waals surface area contributed by atoms with Gasteiger partial charge in [0.25, 0.3) is 5.91 Å². The lowest BCUT2D eigenvalue weighted by Gasteiger charge is -2.06. The van der Waals surface area contributed by atoms with Crippen molar-refractivity contribution in [1.29, 1.82) is 0 Å². The van der Waals surface area contributed by atoms with Crippen LogP contribution >= 0.6 is 0 Å². The van der Waals surface area contributed by atoms with Gasteiger partial charge in [0.1, 0.15) is 11.6 Å². The molecule has 0 aliphatic heterocycles. The average molecular weight is 248 g/mol. The molecule has 0 aliphatic carbocycles. The van der Waals surface area contributed by atoms with Gasteiger partial charge in [0, 0.05) is 18.8 Å². The van der Waals surface area contributed by atoms with E-state index < -0.39 is 0 Å². The van der Waals surface area contributed by atoms with Gasteiger partial charge in [0.15, 0.2) is 0 Å². The molecule has 0 aliphatic rings. The minimum absolute atomic E-state index is 0.351. The third kappa shape index (κ3) is 2.43. The van der Waals surface area contributed by atoms with Gasteiger partial charge in [0.05, 0.1) is 18.4 Å². The van der Waals surface area contributed by atoms with Gasteiger partial charge in [-0.3, -0.25) is 10.2 Å². The Labute approximate surface area is 105 Å². The largest absolute Gasteiger partial charge is 0.467 e. The van der Waals surface area contributed by atoms with E-state index in [1.807, 2.05) is 10.8 Å². The molecular formula is C12H16N4O2. The van der Waals surface area contributed by atoms with Crippen molar-refractivity contribution in [2.75, 3.05) is 0 Å². The van der Waals surface area contributed by atoms with Crippen LogP contribution in [0.3, 0.4) is 0 Å². The van der Waals surface area contributed by atoms with Crippen molar-refractivity contribution in [3.05, 3.63) is 41.9 Å². The number of nitrogen functional groups attached to an aromatic ring is 1. The molecule has 3 N–H and O–H groups in total. The van der Waals surface area contributed by atoms with Crippen molar-refractivity contribution < 1.29 is 9.21 Å². The van der Waals surface area contributed by atoms with Crippen LogP contribution in [0.4, 0.5) is 0 Å². The highest BCUT2D eigenvalue weighted by molar-refractivity contribution is 5.94. The van der Waals surface area contributed by atoms with Crippen LogP contribution in [0.25, 0.3) is 0 Å². The maximum Gasteiger partial charge on any atom is 0.268 e. The first-order valence-corrected chi connectivity index (χ1v) is 5.83. The van der Waals surface area contributed by atoms with E-state index in [0.29, 0.717) is 17.9 Å². The van der Waals surface area contributed by atoms with Crippen LogP contribution in [0.5, 0.6) is 0 Å². The Bertz CT molecular complexity index is 530. The Morgan fingerprint density at radius 2 is 2.44 bits per heavy atom. The third-order valence-electron chi connectivity index (χ3n) is 2.71. The van der Waals surface area contributed by atoms with E-state index in [4.69, 9.17) is 10.3 Å². The fraction of sp³-hybridized carbons (Fsp3) is 0.333. The SMILES string of the molecule is CCCc1nccn1Cc1occc1C(=O)NN. The van der Waals surface area contributed by atoms with Crippen LogP contribution in [0.2, 0.25) is 0 Å². The molecule has 0 saturated heterocycles. The number of nitrogens with one attached hydrogen (secondary N) is 1. The number of imidazole rings is 1. The number of nitrogens with two attached hydrogens (primary N) is 1. The fourth-order valence-corrected chi connectivity index (χ4v) is 1.83. The van der Waals surface area contributed by atoms with E-state index in [1.54, 1.807) is 12.3 Å². The second kappa shape index (κ2) is 5.50. The zero-order valence-corrected chi connectivity index (χ0v) is 10.2. The molecule has 1 amide bonds. The Hall–Kier alpha value is -2.08. The number of aromatic nitrogens is 2. The molecule has 2 aromatic heterocycles. The molecule has 2 aromatic rings. The lowest BCUT2D eigenvalue weighted by Crippen LogP contribution is -2.30. The van der Waals surface area contributed by atoms with E-state index in [2.05, 4.69) is 17.3 Å². The van der Waals surface area contributed by atoms with Gasteiger partial charge in [-0.15, -0.1) is 0 Å². The number of amides is 1. The molecule has 18 heavy (non-hydrogen) atoms. The molecule has 0 fully saturated rings. The molecule has 0 spiro atoms. The first-order chi connectivity index (χ1) is 8.76. The predicted octanol–water partition coefficient (Wildman–Crippen LogP) is 1.08. The summed E-state index contributed by atoms with van der Waals surface area (Å²) in [5.41, 5.74) is 2.56. The number of carbonyl (C=O) groups excluding carboxylic acids is 1. The lowest BCUT2D eigenvalue weighted by atomic mass is 10.2. The summed E-state index contributed by atoms with van der Waals surface area (Å²) >= 11 is 0. The Kier molecular flexibility index (Phi) is 3.78. The molecule has 0 radical (unpaired) electrons. The number of rotatable bonds is 5. The van der Waals surface area contributed by atoms with Crippen LogP contribution in [0.15, 0.2) is 29.1 Å². The van der Waals surface area contributed by atoms with Gasteiger partial charge in [-0.25, -0.2) is 10.8 Å². The zero-order chi connectivity index (χ0) is 13.0. The van der Waals surface area contributed by atoms with Crippen LogP contribution in [-0.4, -0.2) is 15.5 Å². The molecule has 96 valence electrons. The molecule has 0 saturated carbocycles. The number of hydrazine groups is 1. The zero-order valence-electron chi connectivity index (χ0n) is 10.2. The smallest absolute Gasteiger partial charge is 0.268 e. The molecule has 0 atom stereocenters. The average Bonchev–Trinajstić information content (AvgIpc) is 3.00. The highest BCUT2D eigenvalue weighted by Gasteiger charge is 2.14. The van der Waals surface area contributed by atoms with Gasteiger partial charge in [-0.1, -0.05) is 6.92 Å². The third-order valence-corrected chi connectivity index (χ3v) is 2.71. The Balaban J connectivity index is 2.21. The van der Waals surface area contributed by atoms with Gasteiger partial charge in [-0.05, 0) is 12.5 Å². The van der Waals surface area contributed by atoms with Crippen LogP contribution in [-0.2, 0) is 13.0 Å². The number of carbonyl (C=O) groups is 1. The standard InChI is InChI=1S/C12H16N4O2/c1-2-3-11-14-5-6-16(11)8-10-9(4-7-18-10)12(17)15-13/h4-7H,2-3,8,13H2,1H3,(H,15,17). The van der Waals surface area contributed by atoms with Crippen LogP contribution < -0.4 is 11.3 Å². The van der Waals surface area contributed by atoms with Crippen molar-refractivity contribution in [3.8, 4) is 0 Å². The van der Waals surface area contributed by atoms with E-state index >= 15 is 0 Å². The quantitative estimate of drug-likeness (QED) is 0.471. The predicted molar refractivity (Wildman–Crippen MR) is 65.7 cm³/mol. The second-order valence-electron chi connectivity index (χ2n) is 3.95. The van der Waals surface area contributed by atoms with Crippen molar-refractivity contribution in [2.24, 2.45) is 5.84 Å². The molecule has 0 bridgehead atoms. The summed E-state index contributed by atoms with van der Waals surface area (Å²) in [6.07, 6.45) is 7.02. The number of nitrogens with zero attached hydrogens (tertiary/aromatic N) is 2. The molecule has 6 heteroatoms. The Morgan fingerprint density at radius 3 is 3.17 bits per heavy atom. The minimum atomic E-state index is -0.351. The van der Waals surface area contributed by atoms with Gasteiger partial charge in [-0.2, -0.15) is 0 Å². The summed E-state index contributed by atoms with van der Waals surface area (Å²) in [7, 11) is 0. The van der Waals surface area contributed by atoms with Crippen molar-refractivity contribution in [3.63, 3.8) is 0 Å². The first kappa shape index (κ1) is 12.4. The first-order valence-electron chi connectivity index (χ1n) is 5.83. The summed E-state index contributed by atoms with van der Waals surface area (Å²) < 4.78 is 7.30. The summed E-state index contributed by atoms with van der Waals surface area (Å²) in [4.78, 5) is 15.8. The monoisotopic (exact) mass is 248 g/mol.